The van der Waals surface area contributed by atoms with Crippen LogP contribution in [0, 0.1) is 0 Å². The van der Waals surface area contributed by atoms with Crippen molar-refractivity contribution in [3.05, 3.63) is 18.7 Å². The van der Waals surface area contributed by atoms with Crippen LogP contribution in [-0.4, -0.2) is 4.57 Å². The van der Waals surface area contributed by atoms with Gasteiger partial charge in [0.15, 0.2) is 0 Å². The van der Waals surface area contributed by atoms with Crippen molar-refractivity contribution in [3.63, 3.8) is 0 Å². The van der Waals surface area contributed by atoms with Gasteiger partial charge in [-0.3, -0.25) is 0 Å². The van der Waals surface area contributed by atoms with Crippen molar-refractivity contribution in [2.45, 2.75) is 13.5 Å². The third-order valence-electron chi connectivity index (χ3n) is 1.19. The van der Waals surface area contributed by atoms with Crippen LogP contribution in [0.4, 0.5) is 0 Å². The van der Waals surface area contributed by atoms with E-state index in [9.17, 15) is 0 Å². The minimum atomic E-state index is -0.931. The Balaban J connectivity index is 0.000000292. The van der Waals surface area contributed by atoms with Crippen LogP contribution in [0.5, 0.6) is 0 Å². The van der Waals surface area contributed by atoms with Gasteiger partial charge in [-0.2, -0.15) is 0 Å². The number of rotatable bonds is 1. The fraction of sp³-hybridized carbons (Fsp3) is 0.500. The molecule has 0 amide bonds. The third kappa shape index (κ3) is 5.66. The van der Waals surface area contributed by atoms with Gasteiger partial charge in [0.25, 0.3) is 0 Å². The number of nitrogens with zero attached hydrogens (tertiary/aromatic N) is 2. The number of halogens is 2. The third-order valence-corrected chi connectivity index (χ3v) is 1.19. The van der Waals surface area contributed by atoms with Crippen molar-refractivity contribution >= 4 is 19.4 Å². The van der Waals surface area contributed by atoms with Crippen LogP contribution in [0.2, 0.25) is 0 Å². The van der Waals surface area contributed by atoms with Crippen LogP contribution in [0.15, 0.2) is 18.7 Å². The normalized spacial score (nSPS) is 8.00. The van der Waals surface area contributed by atoms with E-state index in [0.29, 0.717) is 0 Å². The monoisotopic (exact) mass is 245 g/mol. The summed E-state index contributed by atoms with van der Waals surface area (Å²) in [5.41, 5.74) is 0. The van der Waals surface area contributed by atoms with Gasteiger partial charge in [0.2, 0.25) is 6.33 Å². The van der Waals surface area contributed by atoms with Crippen molar-refractivity contribution in [1.82, 2.24) is 4.57 Å². The fourth-order valence-corrected chi connectivity index (χ4v) is 0.689. The van der Waals surface area contributed by atoms with Crippen molar-refractivity contribution in [1.29, 1.82) is 0 Å². The van der Waals surface area contributed by atoms with Gasteiger partial charge in [-0.05, 0) is 6.92 Å². The first-order chi connectivity index (χ1) is 5.24. The Morgan fingerprint density at radius 1 is 1.55 bits per heavy atom. The van der Waals surface area contributed by atoms with E-state index in [1.807, 2.05) is 17.8 Å². The molecular weight excluding hydrogens is 236 g/mol. The Hall–Kier alpha value is 0.413. The van der Waals surface area contributed by atoms with Gasteiger partial charge in [-0.1, -0.05) is 0 Å². The predicted octanol–water partition coefficient (Wildman–Crippen LogP) is 1.71. The molecule has 0 bridgehead atoms. The zero-order chi connectivity index (χ0) is 8.69. The molecule has 0 spiro atoms. The molecule has 11 heavy (non-hydrogen) atoms. The second kappa shape index (κ2) is 7.08. The van der Waals surface area contributed by atoms with Crippen LogP contribution < -0.4 is 4.57 Å². The number of hydrogen-bond acceptors (Lipinski definition) is 0. The van der Waals surface area contributed by atoms with Crippen LogP contribution in [-0.2, 0) is 28.7 Å². The first-order valence-electron chi connectivity index (χ1n) is 3.37. The molecule has 0 saturated carbocycles. The number of aryl methyl sites for hydroxylation is 2. The summed E-state index contributed by atoms with van der Waals surface area (Å²) >= 11 is -0.931. The number of aromatic nitrogens is 2. The molecule has 1 aromatic heterocycles. The second-order valence-electron chi connectivity index (χ2n) is 2.01. The van der Waals surface area contributed by atoms with E-state index >= 15 is 0 Å². The van der Waals surface area contributed by atoms with E-state index in [4.69, 9.17) is 19.4 Å². The molecule has 0 aliphatic heterocycles. The second-order valence-corrected chi connectivity index (χ2v) is 6.63. The van der Waals surface area contributed by atoms with Crippen LogP contribution in [0.3, 0.4) is 0 Å². The van der Waals surface area contributed by atoms with Crippen molar-refractivity contribution in [2.75, 3.05) is 0 Å². The van der Waals surface area contributed by atoms with Gasteiger partial charge in [0, 0.05) is 0 Å². The Bertz CT molecular complexity index is 190. The molecule has 0 radical (unpaired) electrons. The molecule has 0 unspecified atom stereocenters. The summed E-state index contributed by atoms with van der Waals surface area (Å²) in [5.74, 6) is 0. The SMILES string of the molecule is CCn1cc[n+](C)c1.[Cl][Zn][Cl]. The van der Waals surface area contributed by atoms with Gasteiger partial charge in [-0.25, -0.2) is 9.13 Å². The summed E-state index contributed by atoms with van der Waals surface area (Å²) in [6.45, 7) is 3.18. The maximum atomic E-state index is 4.95. The van der Waals surface area contributed by atoms with Gasteiger partial charge in [0.1, 0.15) is 12.4 Å². The summed E-state index contributed by atoms with van der Waals surface area (Å²) in [5, 5.41) is 0. The summed E-state index contributed by atoms with van der Waals surface area (Å²) in [7, 11) is 11.9. The first kappa shape index (κ1) is 11.4. The quantitative estimate of drug-likeness (QED) is 0.528. The van der Waals surface area contributed by atoms with Gasteiger partial charge in [-0.15, -0.1) is 0 Å². The molecule has 60 valence electrons. The van der Waals surface area contributed by atoms with E-state index in [2.05, 4.69) is 24.0 Å². The van der Waals surface area contributed by atoms with Crippen molar-refractivity contribution in [3.8, 4) is 0 Å². The molecule has 0 aliphatic carbocycles. The molecule has 0 saturated heterocycles. The molecule has 0 N–H and O–H groups in total. The van der Waals surface area contributed by atoms with Crippen LogP contribution in [0.1, 0.15) is 6.92 Å². The van der Waals surface area contributed by atoms with E-state index in [1.54, 1.807) is 0 Å². The zero-order valence-electron chi connectivity index (χ0n) is 6.80. The van der Waals surface area contributed by atoms with Crippen molar-refractivity contribution in [2.24, 2.45) is 7.05 Å². The molecular formula is C6H11Cl2N2Zn+. The fourth-order valence-electron chi connectivity index (χ4n) is 0.689. The molecule has 1 rings (SSSR count). The molecule has 0 atom stereocenters. The van der Waals surface area contributed by atoms with E-state index in [1.165, 1.54) is 0 Å². The summed E-state index contributed by atoms with van der Waals surface area (Å²) in [4.78, 5) is 0. The Labute approximate surface area is 82.8 Å². The maximum absolute atomic E-state index is 4.95. The van der Waals surface area contributed by atoms with Gasteiger partial charge < -0.3 is 0 Å². The molecule has 1 heterocycles. The van der Waals surface area contributed by atoms with E-state index in [0.717, 1.165) is 6.54 Å². The Morgan fingerprint density at radius 3 is 2.27 bits per heavy atom. The van der Waals surface area contributed by atoms with Crippen LogP contribution >= 0.6 is 19.4 Å². The molecule has 0 aromatic carbocycles. The molecule has 5 heteroatoms. The standard InChI is InChI=1S/C6H11N2.2ClH.Zn/c1-3-8-5-4-7(2)6-8;;;/h4-6H,3H2,1-2H3;2*1H;/q+1;;;+2/p-2. The summed E-state index contributed by atoms with van der Waals surface area (Å²) in [6, 6.07) is 0. The van der Waals surface area contributed by atoms with Gasteiger partial charge >= 0.3 is 34.5 Å². The minimum absolute atomic E-state index is 0.931. The zero-order valence-corrected chi connectivity index (χ0v) is 11.3. The molecule has 0 fully saturated rings. The molecule has 0 aliphatic rings. The average Bonchev–Trinajstić information content (AvgIpc) is 2.37. The average molecular weight is 247 g/mol. The Morgan fingerprint density at radius 2 is 2.09 bits per heavy atom. The molecule has 2 nitrogen and oxygen atoms in total. The van der Waals surface area contributed by atoms with Crippen molar-refractivity contribution < 1.29 is 19.7 Å². The van der Waals surface area contributed by atoms with E-state index < -0.39 is 15.1 Å². The predicted molar refractivity (Wildman–Crippen MR) is 43.0 cm³/mol. The number of imidazole rings is 1. The Kier molecular flexibility index (Phi) is 7.35. The van der Waals surface area contributed by atoms with Crippen LogP contribution in [0.25, 0.3) is 0 Å². The first-order valence-corrected chi connectivity index (χ1v) is 11.2. The number of hydrogen-bond donors (Lipinski definition) is 0. The summed E-state index contributed by atoms with van der Waals surface area (Å²) in [6.07, 6.45) is 6.14. The topological polar surface area (TPSA) is 8.81 Å². The summed E-state index contributed by atoms with van der Waals surface area (Å²) < 4.78 is 4.16. The molecule has 1 aromatic rings. The van der Waals surface area contributed by atoms with E-state index in [-0.39, 0.29) is 0 Å². The van der Waals surface area contributed by atoms with Gasteiger partial charge in [0.05, 0.1) is 13.6 Å².